The minimum atomic E-state index is -0.0721. The molecule has 4 nitrogen and oxygen atoms in total. The molecule has 132 valence electrons. The average Bonchev–Trinajstić information content (AvgIpc) is 3.19. The van der Waals surface area contributed by atoms with Crippen molar-refractivity contribution in [2.45, 2.75) is 32.2 Å². The lowest BCUT2D eigenvalue weighted by Crippen LogP contribution is -2.40. The van der Waals surface area contributed by atoms with Crippen molar-refractivity contribution in [3.63, 3.8) is 0 Å². The van der Waals surface area contributed by atoms with Crippen LogP contribution in [0, 0.1) is 6.92 Å². The Labute approximate surface area is 153 Å². The fourth-order valence-electron chi connectivity index (χ4n) is 3.75. The van der Waals surface area contributed by atoms with E-state index < -0.39 is 0 Å². The number of benzene rings is 1. The van der Waals surface area contributed by atoms with Gasteiger partial charge < -0.3 is 9.32 Å². The minimum absolute atomic E-state index is 0.0721. The fourth-order valence-corrected chi connectivity index (χ4v) is 3.75. The van der Waals surface area contributed by atoms with Crippen LogP contribution in [0.15, 0.2) is 65.5 Å². The van der Waals surface area contributed by atoms with Crippen molar-refractivity contribution in [3.8, 4) is 0 Å². The van der Waals surface area contributed by atoms with Crippen LogP contribution in [-0.4, -0.2) is 22.3 Å². The third-order valence-corrected chi connectivity index (χ3v) is 5.01. The predicted molar refractivity (Wildman–Crippen MR) is 99.7 cm³/mol. The molecule has 0 N–H and O–H groups in total. The van der Waals surface area contributed by atoms with Crippen molar-refractivity contribution in [2.24, 2.45) is 0 Å². The summed E-state index contributed by atoms with van der Waals surface area (Å²) in [6, 6.07) is 14.2. The number of pyridine rings is 1. The summed E-state index contributed by atoms with van der Waals surface area (Å²) in [7, 11) is 0. The van der Waals surface area contributed by atoms with Gasteiger partial charge in [0, 0.05) is 31.8 Å². The third kappa shape index (κ3) is 3.27. The second-order valence-corrected chi connectivity index (χ2v) is 6.81. The molecular weight excluding hydrogens is 324 g/mol. The van der Waals surface area contributed by atoms with E-state index in [2.05, 4.69) is 36.2 Å². The zero-order valence-electron chi connectivity index (χ0n) is 14.9. The summed E-state index contributed by atoms with van der Waals surface area (Å²) < 4.78 is 5.37. The summed E-state index contributed by atoms with van der Waals surface area (Å²) in [6.45, 7) is 2.84. The first kappa shape index (κ1) is 16.6. The monoisotopic (exact) mass is 346 g/mol. The van der Waals surface area contributed by atoms with Crippen LogP contribution in [0.5, 0.6) is 0 Å². The van der Waals surface area contributed by atoms with Gasteiger partial charge in [0.1, 0.15) is 5.76 Å². The molecule has 4 heteroatoms. The van der Waals surface area contributed by atoms with Gasteiger partial charge in [-0.15, -0.1) is 0 Å². The number of nitrogens with zero attached hydrogens (tertiary/aromatic N) is 2. The number of amides is 1. The van der Waals surface area contributed by atoms with E-state index in [-0.39, 0.29) is 11.9 Å². The van der Waals surface area contributed by atoms with E-state index in [1.165, 1.54) is 16.7 Å². The minimum Gasteiger partial charge on any atom is -0.469 e. The van der Waals surface area contributed by atoms with E-state index in [4.69, 9.17) is 4.42 Å². The van der Waals surface area contributed by atoms with Gasteiger partial charge in [-0.3, -0.25) is 9.78 Å². The van der Waals surface area contributed by atoms with Gasteiger partial charge >= 0.3 is 0 Å². The summed E-state index contributed by atoms with van der Waals surface area (Å²) in [6.07, 6.45) is 7.25. The number of carbonyl (C=O) groups is 1. The Bertz CT molecular complexity index is 888. The molecule has 26 heavy (non-hydrogen) atoms. The van der Waals surface area contributed by atoms with Gasteiger partial charge in [-0.2, -0.15) is 0 Å². The van der Waals surface area contributed by atoms with Crippen LogP contribution < -0.4 is 0 Å². The van der Waals surface area contributed by atoms with E-state index in [0.717, 1.165) is 24.3 Å². The molecule has 1 amide bonds. The fraction of sp³-hybridized carbons (Fsp3) is 0.273. The third-order valence-electron chi connectivity index (χ3n) is 5.01. The lowest BCUT2D eigenvalue weighted by Gasteiger charge is -2.38. The van der Waals surface area contributed by atoms with E-state index >= 15 is 0 Å². The summed E-state index contributed by atoms with van der Waals surface area (Å²) in [5.41, 5.74) is 4.85. The first-order valence-electron chi connectivity index (χ1n) is 9.03. The summed E-state index contributed by atoms with van der Waals surface area (Å²) in [4.78, 5) is 19.3. The normalized spacial score (nSPS) is 16.3. The quantitative estimate of drug-likeness (QED) is 0.715. The molecule has 1 aromatic carbocycles. The molecule has 0 bridgehead atoms. The Morgan fingerprint density at radius 2 is 2.19 bits per heavy atom. The lowest BCUT2D eigenvalue weighted by atomic mass is 9.87. The van der Waals surface area contributed by atoms with Gasteiger partial charge in [0.2, 0.25) is 5.91 Å². The number of aryl methyl sites for hydroxylation is 2. The molecule has 0 aliphatic carbocycles. The molecule has 0 fully saturated rings. The highest BCUT2D eigenvalue weighted by Gasteiger charge is 2.31. The van der Waals surface area contributed by atoms with Crippen molar-refractivity contribution in [1.82, 2.24) is 9.88 Å². The van der Waals surface area contributed by atoms with E-state index in [1.807, 2.05) is 29.3 Å². The number of hydrogen-bond acceptors (Lipinski definition) is 3. The number of rotatable bonds is 4. The van der Waals surface area contributed by atoms with Gasteiger partial charge in [0.25, 0.3) is 0 Å². The second-order valence-electron chi connectivity index (χ2n) is 6.81. The largest absolute Gasteiger partial charge is 0.469 e. The highest BCUT2D eigenvalue weighted by Crippen LogP contribution is 2.35. The van der Waals surface area contributed by atoms with Gasteiger partial charge in [0.05, 0.1) is 12.3 Å². The van der Waals surface area contributed by atoms with E-state index in [1.54, 1.807) is 12.5 Å². The summed E-state index contributed by atoms with van der Waals surface area (Å²) in [5, 5.41) is 0. The number of aromatic nitrogens is 1. The molecule has 3 aromatic rings. The SMILES string of the molecule is Cc1ccc2c(c1)CCN(C(=O)CCc1ccco1)C2c1cccnc1. The molecule has 1 aliphatic rings. The highest BCUT2D eigenvalue weighted by molar-refractivity contribution is 5.78. The maximum Gasteiger partial charge on any atom is 0.223 e. The molecule has 2 aromatic heterocycles. The first-order chi connectivity index (χ1) is 12.7. The molecule has 1 atom stereocenters. The molecule has 0 spiro atoms. The van der Waals surface area contributed by atoms with Gasteiger partial charge in [0.15, 0.2) is 0 Å². The van der Waals surface area contributed by atoms with Crippen molar-refractivity contribution >= 4 is 5.91 Å². The second kappa shape index (κ2) is 7.16. The van der Waals surface area contributed by atoms with Crippen LogP contribution in [-0.2, 0) is 17.6 Å². The highest BCUT2D eigenvalue weighted by atomic mass is 16.3. The van der Waals surface area contributed by atoms with Crippen molar-refractivity contribution in [3.05, 3.63) is 89.1 Å². The molecule has 0 saturated heterocycles. The van der Waals surface area contributed by atoms with Crippen molar-refractivity contribution < 1.29 is 9.21 Å². The van der Waals surface area contributed by atoms with Crippen LogP contribution in [0.3, 0.4) is 0 Å². The smallest absolute Gasteiger partial charge is 0.223 e. The van der Waals surface area contributed by atoms with Crippen LogP contribution in [0.1, 0.15) is 40.5 Å². The zero-order chi connectivity index (χ0) is 17.9. The zero-order valence-corrected chi connectivity index (χ0v) is 14.9. The number of carbonyl (C=O) groups excluding carboxylic acids is 1. The van der Waals surface area contributed by atoms with E-state index in [0.29, 0.717) is 12.8 Å². The Balaban J connectivity index is 1.64. The standard InChI is InChI=1S/C22H22N2O2/c1-16-6-8-20-17(14-16)10-12-24(22(20)18-4-2-11-23-15-18)21(25)9-7-19-5-3-13-26-19/h2-6,8,11,13-15,22H,7,9-10,12H2,1H3. The molecule has 4 rings (SSSR count). The Kier molecular flexibility index (Phi) is 4.57. The van der Waals surface area contributed by atoms with Gasteiger partial charge in [-0.1, -0.05) is 29.8 Å². The molecule has 0 radical (unpaired) electrons. The van der Waals surface area contributed by atoms with Crippen LogP contribution >= 0.6 is 0 Å². The van der Waals surface area contributed by atoms with Crippen LogP contribution in [0.2, 0.25) is 0 Å². The van der Waals surface area contributed by atoms with Crippen LogP contribution in [0.4, 0.5) is 0 Å². The maximum absolute atomic E-state index is 13.0. The van der Waals surface area contributed by atoms with Crippen molar-refractivity contribution in [1.29, 1.82) is 0 Å². The molecule has 3 heterocycles. The summed E-state index contributed by atoms with van der Waals surface area (Å²) in [5.74, 6) is 1.01. The van der Waals surface area contributed by atoms with Crippen molar-refractivity contribution in [2.75, 3.05) is 6.54 Å². The number of fused-ring (bicyclic) bond motifs is 1. The Hall–Kier alpha value is -2.88. The van der Waals surface area contributed by atoms with Gasteiger partial charge in [-0.25, -0.2) is 0 Å². The first-order valence-corrected chi connectivity index (χ1v) is 9.03. The van der Waals surface area contributed by atoms with Crippen LogP contribution in [0.25, 0.3) is 0 Å². The topological polar surface area (TPSA) is 46.3 Å². The summed E-state index contributed by atoms with van der Waals surface area (Å²) >= 11 is 0. The molecular formula is C22H22N2O2. The molecule has 1 aliphatic heterocycles. The predicted octanol–water partition coefficient (Wildman–Crippen LogP) is 4.09. The Morgan fingerprint density at radius 1 is 1.27 bits per heavy atom. The lowest BCUT2D eigenvalue weighted by molar-refractivity contribution is -0.133. The van der Waals surface area contributed by atoms with Gasteiger partial charge in [-0.05, 0) is 48.2 Å². The van der Waals surface area contributed by atoms with E-state index in [9.17, 15) is 4.79 Å². The maximum atomic E-state index is 13.0. The number of furan rings is 1. The Morgan fingerprint density at radius 3 is 2.96 bits per heavy atom. The molecule has 0 saturated carbocycles. The molecule has 1 unspecified atom stereocenters. The number of hydrogen-bond donors (Lipinski definition) is 0. The average molecular weight is 346 g/mol.